The van der Waals surface area contributed by atoms with E-state index in [2.05, 4.69) is 74.8 Å². The number of likely N-dealkylation sites (N-methyl/N-ethyl adjacent to an activating group) is 2. The van der Waals surface area contributed by atoms with Crippen LogP contribution in [0, 0.1) is 0 Å². The maximum Gasteiger partial charge on any atom is 0.0624 e. The van der Waals surface area contributed by atoms with Crippen LogP contribution in [0.4, 0.5) is 0 Å². The van der Waals surface area contributed by atoms with Crippen molar-refractivity contribution in [1.82, 2.24) is 20.0 Å². The zero-order valence-electron chi connectivity index (χ0n) is 14.3. The third-order valence-corrected chi connectivity index (χ3v) is 4.44. The van der Waals surface area contributed by atoms with Gasteiger partial charge in [0.25, 0.3) is 0 Å². The first-order valence-electron chi connectivity index (χ1n) is 7.83. The lowest BCUT2D eigenvalue weighted by molar-refractivity contribution is 0.137. The van der Waals surface area contributed by atoms with E-state index in [0.717, 1.165) is 25.9 Å². The Kier molecular flexibility index (Phi) is 6.21. The molecule has 20 heavy (non-hydrogen) atoms. The summed E-state index contributed by atoms with van der Waals surface area (Å²) in [5.41, 5.74) is 2.63. The average Bonchev–Trinajstić information content (AvgIpc) is 2.80. The summed E-state index contributed by atoms with van der Waals surface area (Å²) in [7, 11) is 4.30. The Morgan fingerprint density at radius 1 is 1.30 bits per heavy atom. The molecule has 1 N–H and O–H groups in total. The van der Waals surface area contributed by atoms with Crippen LogP contribution in [0.1, 0.15) is 46.0 Å². The third kappa shape index (κ3) is 3.83. The number of aryl methyl sites for hydroxylation is 2. The van der Waals surface area contributed by atoms with Crippen LogP contribution in [0.25, 0.3) is 0 Å². The first kappa shape index (κ1) is 17.2. The minimum Gasteiger partial charge on any atom is -0.312 e. The summed E-state index contributed by atoms with van der Waals surface area (Å²) in [6.07, 6.45) is 2.02. The molecule has 0 spiro atoms. The fraction of sp³-hybridized carbons (Fsp3) is 0.812. The van der Waals surface area contributed by atoms with Gasteiger partial charge in [-0.2, -0.15) is 5.10 Å². The van der Waals surface area contributed by atoms with Crippen LogP contribution in [0.5, 0.6) is 0 Å². The molecule has 116 valence electrons. The lowest BCUT2D eigenvalue weighted by Crippen LogP contribution is -2.56. The average molecular weight is 280 g/mol. The minimum absolute atomic E-state index is 0.102. The van der Waals surface area contributed by atoms with Crippen LogP contribution >= 0.6 is 0 Å². The lowest BCUT2D eigenvalue weighted by atomic mass is 9.89. The van der Waals surface area contributed by atoms with Gasteiger partial charge in [-0.25, -0.2) is 0 Å². The van der Waals surface area contributed by atoms with Gasteiger partial charge in [0.2, 0.25) is 0 Å². The quantitative estimate of drug-likeness (QED) is 0.793. The Morgan fingerprint density at radius 2 is 1.95 bits per heavy atom. The van der Waals surface area contributed by atoms with Gasteiger partial charge in [0.15, 0.2) is 0 Å². The number of nitrogens with zero attached hydrogens (tertiary/aromatic N) is 3. The zero-order chi connectivity index (χ0) is 15.3. The van der Waals surface area contributed by atoms with E-state index in [4.69, 9.17) is 0 Å². The highest BCUT2D eigenvalue weighted by molar-refractivity contribution is 5.13. The summed E-state index contributed by atoms with van der Waals surface area (Å²) < 4.78 is 2.15. The maximum absolute atomic E-state index is 4.66. The highest BCUT2D eigenvalue weighted by atomic mass is 15.3. The molecule has 0 bridgehead atoms. The Balaban J connectivity index is 2.98. The second-order valence-corrected chi connectivity index (χ2v) is 6.16. The van der Waals surface area contributed by atoms with Gasteiger partial charge in [0.05, 0.1) is 5.69 Å². The molecule has 0 aliphatic heterocycles. The Hall–Kier alpha value is -0.870. The van der Waals surface area contributed by atoms with Gasteiger partial charge in [-0.15, -0.1) is 0 Å². The number of nitrogens with one attached hydrogen (secondary N) is 1. The summed E-state index contributed by atoms with van der Waals surface area (Å²) in [5.74, 6) is 0. The van der Waals surface area contributed by atoms with Gasteiger partial charge in [-0.3, -0.25) is 4.68 Å². The molecule has 1 aromatic heterocycles. The summed E-state index contributed by atoms with van der Waals surface area (Å²) in [6, 6.07) is 2.67. The fourth-order valence-electron chi connectivity index (χ4n) is 2.46. The van der Waals surface area contributed by atoms with E-state index in [1.54, 1.807) is 0 Å². The van der Waals surface area contributed by atoms with Gasteiger partial charge in [-0.1, -0.05) is 13.8 Å². The molecule has 1 unspecified atom stereocenters. The number of rotatable bonds is 8. The van der Waals surface area contributed by atoms with Crippen LogP contribution in [-0.4, -0.2) is 46.9 Å². The number of aromatic nitrogens is 2. The van der Waals surface area contributed by atoms with Crippen LogP contribution in [0.2, 0.25) is 0 Å². The van der Waals surface area contributed by atoms with Crippen molar-refractivity contribution >= 4 is 0 Å². The molecule has 0 radical (unpaired) electrons. The lowest BCUT2D eigenvalue weighted by Gasteiger charge is -2.40. The van der Waals surface area contributed by atoms with Crippen LogP contribution < -0.4 is 5.32 Å². The molecule has 1 rings (SSSR count). The zero-order valence-corrected chi connectivity index (χ0v) is 14.3. The molecule has 4 nitrogen and oxygen atoms in total. The molecular formula is C16H32N4. The van der Waals surface area contributed by atoms with Crippen LogP contribution in [-0.2, 0) is 19.4 Å². The summed E-state index contributed by atoms with van der Waals surface area (Å²) >= 11 is 0. The minimum atomic E-state index is 0.102. The van der Waals surface area contributed by atoms with Crippen molar-refractivity contribution < 1.29 is 0 Å². The molecule has 4 heteroatoms. The molecular weight excluding hydrogens is 248 g/mol. The Labute approximate surface area is 124 Å². The molecule has 0 saturated heterocycles. The van der Waals surface area contributed by atoms with Crippen molar-refractivity contribution in [2.45, 2.75) is 65.6 Å². The van der Waals surface area contributed by atoms with E-state index in [1.165, 1.54) is 11.4 Å². The van der Waals surface area contributed by atoms with Gasteiger partial charge in [-0.05, 0) is 53.9 Å². The Morgan fingerprint density at radius 3 is 2.40 bits per heavy atom. The van der Waals surface area contributed by atoms with Gasteiger partial charge in [0, 0.05) is 30.2 Å². The molecule has 1 heterocycles. The molecule has 0 amide bonds. The van der Waals surface area contributed by atoms with Crippen LogP contribution in [0.15, 0.2) is 6.07 Å². The van der Waals surface area contributed by atoms with E-state index in [1.807, 2.05) is 0 Å². The second kappa shape index (κ2) is 7.23. The first-order valence-corrected chi connectivity index (χ1v) is 7.83. The van der Waals surface area contributed by atoms with Gasteiger partial charge >= 0.3 is 0 Å². The summed E-state index contributed by atoms with van der Waals surface area (Å²) in [5, 5.41) is 8.31. The molecule has 0 fully saturated rings. The molecule has 0 aliphatic rings. The normalized spacial score (nSPS) is 14.0. The monoisotopic (exact) mass is 280 g/mol. The van der Waals surface area contributed by atoms with E-state index >= 15 is 0 Å². The van der Waals surface area contributed by atoms with Crippen molar-refractivity contribution in [3.63, 3.8) is 0 Å². The predicted molar refractivity (Wildman–Crippen MR) is 86.2 cm³/mol. The van der Waals surface area contributed by atoms with Crippen molar-refractivity contribution in [3.8, 4) is 0 Å². The van der Waals surface area contributed by atoms with Crippen LogP contribution in [0.3, 0.4) is 0 Å². The topological polar surface area (TPSA) is 33.1 Å². The van der Waals surface area contributed by atoms with Crippen molar-refractivity contribution in [3.05, 3.63) is 17.5 Å². The predicted octanol–water partition coefficient (Wildman–Crippen LogP) is 2.33. The van der Waals surface area contributed by atoms with Gasteiger partial charge < -0.3 is 10.2 Å². The van der Waals surface area contributed by atoms with Crippen molar-refractivity contribution in [2.75, 3.05) is 20.6 Å². The largest absolute Gasteiger partial charge is 0.312 e. The number of hydrogen-bond acceptors (Lipinski definition) is 3. The summed E-state index contributed by atoms with van der Waals surface area (Å²) in [6.45, 7) is 13.0. The molecule has 0 aromatic carbocycles. The Bertz CT molecular complexity index is 407. The van der Waals surface area contributed by atoms with E-state index in [0.29, 0.717) is 6.04 Å². The molecule has 0 saturated carbocycles. The fourth-order valence-corrected chi connectivity index (χ4v) is 2.46. The maximum atomic E-state index is 4.66. The highest BCUT2D eigenvalue weighted by Gasteiger charge is 2.31. The highest BCUT2D eigenvalue weighted by Crippen LogP contribution is 2.20. The molecule has 1 atom stereocenters. The standard InChI is InChI=1S/C16H32N4/c1-8-13-11-14(20(10-3)18-13)12-15(17-9-2)16(4,5)19(6)7/h11,15,17H,8-10,12H2,1-7H3. The molecule has 0 aliphatic carbocycles. The van der Waals surface area contributed by atoms with Crippen molar-refractivity contribution in [1.29, 1.82) is 0 Å². The van der Waals surface area contributed by atoms with E-state index < -0.39 is 0 Å². The first-order chi connectivity index (χ1) is 9.36. The molecule has 1 aromatic rings. The second-order valence-electron chi connectivity index (χ2n) is 6.16. The SMILES string of the molecule is CCNC(Cc1cc(CC)nn1CC)C(C)(C)N(C)C. The summed E-state index contributed by atoms with van der Waals surface area (Å²) in [4.78, 5) is 2.30. The smallest absolute Gasteiger partial charge is 0.0624 e. The van der Waals surface area contributed by atoms with Gasteiger partial charge in [0.1, 0.15) is 0 Å². The van der Waals surface area contributed by atoms with E-state index in [-0.39, 0.29) is 5.54 Å². The third-order valence-electron chi connectivity index (χ3n) is 4.44. The van der Waals surface area contributed by atoms with Crippen molar-refractivity contribution in [2.24, 2.45) is 0 Å². The number of hydrogen-bond donors (Lipinski definition) is 1. The van der Waals surface area contributed by atoms with E-state index in [9.17, 15) is 0 Å².